The van der Waals surface area contributed by atoms with Crippen molar-refractivity contribution < 1.29 is 27.6 Å². The standard InChI is InChI=1S/C16H18N2O7S/c1-23-14-7-10(8-15(24-2)16(14)25-3)17-12-6-5-11(26(4,21)22)9-13(12)18(19)20/h5-9,17H,1-4H3. The van der Waals surface area contributed by atoms with Crippen LogP contribution >= 0.6 is 0 Å². The van der Waals surface area contributed by atoms with Crippen LogP contribution in [0.3, 0.4) is 0 Å². The normalized spacial score (nSPS) is 10.9. The van der Waals surface area contributed by atoms with Crippen molar-refractivity contribution in [1.82, 2.24) is 0 Å². The SMILES string of the molecule is COc1cc(Nc2ccc(S(C)(=O)=O)cc2[N+](=O)[O-])cc(OC)c1OC. The fourth-order valence-electron chi connectivity index (χ4n) is 2.31. The lowest BCUT2D eigenvalue weighted by Crippen LogP contribution is -2.02. The maximum Gasteiger partial charge on any atom is 0.293 e. The summed E-state index contributed by atoms with van der Waals surface area (Å²) in [6.07, 6.45) is 0.984. The molecule has 0 aliphatic carbocycles. The molecular formula is C16H18N2O7S. The number of nitro benzene ring substituents is 1. The first-order chi connectivity index (χ1) is 12.2. The third kappa shape index (κ3) is 3.97. The molecule has 10 heteroatoms. The Morgan fingerprint density at radius 3 is 2.00 bits per heavy atom. The van der Waals surface area contributed by atoms with Gasteiger partial charge in [-0.3, -0.25) is 10.1 Å². The summed E-state index contributed by atoms with van der Waals surface area (Å²) >= 11 is 0. The van der Waals surface area contributed by atoms with E-state index in [4.69, 9.17) is 14.2 Å². The molecule has 140 valence electrons. The molecule has 0 heterocycles. The van der Waals surface area contributed by atoms with Crippen LogP contribution in [0.2, 0.25) is 0 Å². The summed E-state index contributed by atoms with van der Waals surface area (Å²) in [7, 11) is 0.791. The fraction of sp³-hybridized carbons (Fsp3) is 0.250. The number of rotatable bonds is 7. The van der Waals surface area contributed by atoms with Gasteiger partial charge in [-0.15, -0.1) is 0 Å². The highest BCUT2D eigenvalue weighted by atomic mass is 32.2. The van der Waals surface area contributed by atoms with E-state index in [1.54, 1.807) is 12.1 Å². The van der Waals surface area contributed by atoms with Crippen LogP contribution in [0.25, 0.3) is 0 Å². The molecule has 2 aromatic carbocycles. The summed E-state index contributed by atoms with van der Waals surface area (Å²) in [5, 5.41) is 14.2. The monoisotopic (exact) mass is 382 g/mol. The quantitative estimate of drug-likeness (QED) is 0.574. The van der Waals surface area contributed by atoms with Crippen molar-refractivity contribution >= 4 is 26.9 Å². The first-order valence-electron chi connectivity index (χ1n) is 7.26. The summed E-state index contributed by atoms with van der Waals surface area (Å²) in [4.78, 5) is 10.5. The Bertz CT molecular complexity index is 917. The second kappa shape index (κ2) is 7.48. The number of hydrogen-bond donors (Lipinski definition) is 1. The van der Waals surface area contributed by atoms with E-state index in [9.17, 15) is 18.5 Å². The van der Waals surface area contributed by atoms with Gasteiger partial charge in [-0.1, -0.05) is 0 Å². The third-order valence-electron chi connectivity index (χ3n) is 3.54. The van der Waals surface area contributed by atoms with Crippen LogP contribution in [-0.2, 0) is 9.84 Å². The molecule has 0 unspecified atom stereocenters. The molecular weight excluding hydrogens is 364 g/mol. The largest absolute Gasteiger partial charge is 0.493 e. The smallest absolute Gasteiger partial charge is 0.293 e. The van der Waals surface area contributed by atoms with Gasteiger partial charge >= 0.3 is 0 Å². The molecule has 0 saturated carbocycles. The Morgan fingerprint density at radius 1 is 1.00 bits per heavy atom. The van der Waals surface area contributed by atoms with Crippen LogP contribution in [-0.4, -0.2) is 40.9 Å². The summed E-state index contributed by atoms with van der Waals surface area (Å²) < 4.78 is 39.0. The molecule has 0 radical (unpaired) electrons. The molecule has 2 aromatic rings. The minimum absolute atomic E-state index is 0.122. The number of nitro groups is 1. The predicted octanol–water partition coefficient (Wildman–Crippen LogP) is 2.77. The molecule has 0 amide bonds. The van der Waals surface area contributed by atoms with Crippen molar-refractivity contribution in [2.24, 2.45) is 0 Å². The van der Waals surface area contributed by atoms with Gasteiger partial charge in [0, 0.05) is 30.1 Å². The highest BCUT2D eigenvalue weighted by Gasteiger charge is 2.20. The Kier molecular flexibility index (Phi) is 5.56. The summed E-state index contributed by atoms with van der Waals surface area (Å²) in [5.41, 5.74) is 0.188. The molecule has 0 aromatic heterocycles. The molecule has 0 fully saturated rings. The lowest BCUT2D eigenvalue weighted by atomic mass is 10.2. The van der Waals surface area contributed by atoms with Crippen molar-refractivity contribution in [3.8, 4) is 17.2 Å². The number of methoxy groups -OCH3 is 3. The highest BCUT2D eigenvalue weighted by molar-refractivity contribution is 7.90. The molecule has 9 nitrogen and oxygen atoms in total. The number of ether oxygens (including phenoxy) is 3. The van der Waals surface area contributed by atoms with E-state index in [0.717, 1.165) is 12.3 Å². The van der Waals surface area contributed by atoms with Crippen LogP contribution in [0.4, 0.5) is 17.1 Å². The number of sulfone groups is 1. The molecule has 0 atom stereocenters. The average molecular weight is 382 g/mol. The minimum Gasteiger partial charge on any atom is -0.493 e. The fourth-order valence-corrected chi connectivity index (χ4v) is 2.95. The second-order valence-electron chi connectivity index (χ2n) is 5.25. The van der Waals surface area contributed by atoms with Crippen molar-refractivity contribution in [1.29, 1.82) is 0 Å². The summed E-state index contributed by atoms with van der Waals surface area (Å²) in [6.45, 7) is 0. The van der Waals surface area contributed by atoms with Crippen LogP contribution in [0.1, 0.15) is 0 Å². The molecule has 2 rings (SSSR count). The molecule has 0 saturated heterocycles. The third-order valence-corrected chi connectivity index (χ3v) is 4.65. The first-order valence-corrected chi connectivity index (χ1v) is 9.16. The van der Waals surface area contributed by atoms with Crippen molar-refractivity contribution in [2.75, 3.05) is 32.9 Å². The topological polar surface area (TPSA) is 117 Å². The lowest BCUT2D eigenvalue weighted by molar-refractivity contribution is -0.384. The van der Waals surface area contributed by atoms with E-state index in [2.05, 4.69) is 5.32 Å². The Hall–Kier alpha value is -3.01. The molecule has 26 heavy (non-hydrogen) atoms. The van der Waals surface area contributed by atoms with Crippen LogP contribution < -0.4 is 19.5 Å². The van der Waals surface area contributed by atoms with Gasteiger partial charge in [0.15, 0.2) is 21.3 Å². The van der Waals surface area contributed by atoms with Gasteiger partial charge in [-0.05, 0) is 12.1 Å². The van der Waals surface area contributed by atoms with Crippen LogP contribution in [0.15, 0.2) is 35.2 Å². The zero-order valence-corrected chi connectivity index (χ0v) is 15.4. The Morgan fingerprint density at radius 2 is 1.58 bits per heavy atom. The number of hydrogen-bond acceptors (Lipinski definition) is 8. The minimum atomic E-state index is -3.57. The van der Waals surface area contributed by atoms with Crippen LogP contribution in [0, 0.1) is 10.1 Å². The zero-order chi connectivity index (χ0) is 19.5. The number of anilines is 2. The molecule has 0 bridgehead atoms. The van der Waals surface area contributed by atoms with Gasteiger partial charge in [0.05, 0.1) is 31.1 Å². The highest BCUT2D eigenvalue weighted by Crippen LogP contribution is 2.41. The van der Waals surface area contributed by atoms with E-state index < -0.39 is 14.8 Å². The maximum absolute atomic E-state index is 11.6. The van der Waals surface area contributed by atoms with E-state index >= 15 is 0 Å². The van der Waals surface area contributed by atoms with Gasteiger partial charge in [0.2, 0.25) is 5.75 Å². The Labute approximate surface area is 150 Å². The number of nitrogens with zero attached hydrogens (tertiary/aromatic N) is 1. The van der Waals surface area contributed by atoms with E-state index in [1.165, 1.54) is 33.5 Å². The average Bonchev–Trinajstić information content (AvgIpc) is 2.59. The predicted molar refractivity (Wildman–Crippen MR) is 95.6 cm³/mol. The zero-order valence-electron chi connectivity index (χ0n) is 14.6. The van der Waals surface area contributed by atoms with Crippen molar-refractivity contribution in [3.05, 3.63) is 40.4 Å². The van der Waals surface area contributed by atoms with Crippen molar-refractivity contribution in [2.45, 2.75) is 4.90 Å². The van der Waals surface area contributed by atoms with Gasteiger partial charge in [0.1, 0.15) is 5.69 Å². The Balaban J connectivity index is 2.53. The van der Waals surface area contributed by atoms with Gasteiger partial charge in [-0.25, -0.2) is 8.42 Å². The van der Waals surface area contributed by atoms with Crippen LogP contribution in [0.5, 0.6) is 17.2 Å². The van der Waals surface area contributed by atoms with E-state index in [-0.39, 0.29) is 16.3 Å². The van der Waals surface area contributed by atoms with E-state index in [0.29, 0.717) is 22.9 Å². The number of benzene rings is 2. The van der Waals surface area contributed by atoms with Gasteiger partial charge in [0.25, 0.3) is 5.69 Å². The van der Waals surface area contributed by atoms with E-state index in [1.807, 2.05) is 0 Å². The molecule has 0 aliphatic heterocycles. The maximum atomic E-state index is 11.6. The summed E-state index contributed by atoms with van der Waals surface area (Å²) in [6, 6.07) is 6.79. The lowest BCUT2D eigenvalue weighted by Gasteiger charge is -2.15. The second-order valence-corrected chi connectivity index (χ2v) is 7.26. The first kappa shape index (κ1) is 19.3. The molecule has 1 N–H and O–H groups in total. The molecule has 0 aliphatic rings. The van der Waals surface area contributed by atoms with Gasteiger partial charge in [-0.2, -0.15) is 0 Å². The molecule has 0 spiro atoms. The van der Waals surface area contributed by atoms with Crippen molar-refractivity contribution in [3.63, 3.8) is 0 Å². The number of nitrogens with one attached hydrogen (secondary N) is 1. The van der Waals surface area contributed by atoms with Gasteiger partial charge < -0.3 is 19.5 Å². The summed E-state index contributed by atoms with van der Waals surface area (Å²) in [5.74, 6) is 1.11.